The quantitative estimate of drug-likeness (QED) is 0.554. The van der Waals surface area contributed by atoms with Crippen molar-refractivity contribution >= 4 is 11.4 Å². The molecule has 2 aromatic carbocycles. The Labute approximate surface area is 126 Å². The highest BCUT2D eigenvalue weighted by Crippen LogP contribution is 2.23. The van der Waals surface area contributed by atoms with Crippen molar-refractivity contribution in [2.24, 2.45) is 0 Å². The second-order valence-electron chi connectivity index (χ2n) is 5.17. The maximum atomic E-state index is 9.06. The Kier molecular flexibility index (Phi) is 5.47. The Morgan fingerprint density at radius 1 is 0.762 bits per heavy atom. The molecule has 2 rings (SSSR count). The lowest BCUT2D eigenvalue weighted by Crippen LogP contribution is -1.94. The van der Waals surface area contributed by atoms with Crippen molar-refractivity contribution in [1.29, 1.82) is 0 Å². The normalized spacial score (nSPS) is 9.76. The summed E-state index contributed by atoms with van der Waals surface area (Å²) in [6.45, 7) is 7.71. The number of methoxy groups -OCH3 is 1. The van der Waals surface area contributed by atoms with Crippen LogP contribution in [-0.4, -0.2) is 12.2 Å². The Morgan fingerprint density at radius 3 is 1.43 bits per heavy atom. The van der Waals surface area contributed by atoms with Crippen LogP contribution >= 0.6 is 0 Å². The standard InChI is InChI=1S/C9H13NO.C8H11NO/c1-6-4-8(11-3)5-7(2)9(6)10;1-5-3-7(10)4-6(2)8(5)9/h4-5H,10H2,1-3H3;3-4,10H,9H2,1-2H3. The summed E-state index contributed by atoms with van der Waals surface area (Å²) in [4.78, 5) is 0. The summed E-state index contributed by atoms with van der Waals surface area (Å²) in [5.41, 5.74) is 17.0. The molecule has 0 aliphatic carbocycles. The molecular formula is C17H24N2O2. The Bertz CT molecular complexity index is 591. The lowest BCUT2D eigenvalue weighted by Gasteiger charge is -2.06. The number of nitrogen functional groups attached to an aromatic ring is 2. The van der Waals surface area contributed by atoms with Crippen LogP contribution in [0.2, 0.25) is 0 Å². The number of aromatic hydroxyl groups is 1. The molecule has 0 aliphatic heterocycles. The molecular weight excluding hydrogens is 264 g/mol. The molecule has 114 valence electrons. The van der Waals surface area contributed by atoms with Crippen molar-refractivity contribution in [2.75, 3.05) is 18.6 Å². The third kappa shape index (κ3) is 4.31. The van der Waals surface area contributed by atoms with E-state index in [9.17, 15) is 0 Å². The Balaban J connectivity index is 0.000000211. The molecule has 0 radical (unpaired) electrons. The second kappa shape index (κ2) is 6.88. The van der Waals surface area contributed by atoms with Crippen molar-refractivity contribution in [2.45, 2.75) is 27.7 Å². The van der Waals surface area contributed by atoms with Gasteiger partial charge < -0.3 is 21.3 Å². The van der Waals surface area contributed by atoms with Crippen LogP contribution in [-0.2, 0) is 0 Å². The fourth-order valence-corrected chi connectivity index (χ4v) is 2.00. The lowest BCUT2D eigenvalue weighted by atomic mass is 10.1. The molecule has 0 aliphatic rings. The van der Waals surface area contributed by atoms with E-state index >= 15 is 0 Å². The molecule has 5 N–H and O–H groups in total. The zero-order valence-corrected chi connectivity index (χ0v) is 13.3. The topological polar surface area (TPSA) is 81.5 Å². The van der Waals surface area contributed by atoms with E-state index in [-0.39, 0.29) is 5.75 Å². The Hall–Kier alpha value is -2.36. The van der Waals surface area contributed by atoms with Gasteiger partial charge in [0.25, 0.3) is 0 Å². The van der Waals surface area contributed by atoms with Gasteiger partial charge in [0.1, 0.15) is 11.5 Å². The average molecular weight is 288 g/mol. The summed E-state index contributed by atoms with van der Waals surface area (Å²) in [5, 5.41) is 9.06. The maximum absolute atomic E-state index is 9.06. The third-order valence-corrected chi connectivity index (χ3v) is 3.38. The van der Waals surface area contributed by atoms with E-state index in [4.69, 9.17) is 21.3 Å². The zero-order chi connectivity index (χ0) is 16.2. The molecule has 0 saturated heterocycles. The predicted molar refractivity (Wildman–Crippen MR) is 88.9 cm³/mol. The number of nitrogens with two attached hydrogens (primary N) is 2. The molecule has 0 bridgehead atoms. The number of rotatable bonds is 1. The fraction of sp³-hybridized carbons (Fsp3) is 0.294. The van der Waals surface area contributed by atoms with Gasteiger partial charge in [-0.1, -0.05) is 0 Å². The van der Waals surface area contributed by atoms with Gasteiger partial charge in [0, 0.05) is 11.4 Å². The van der Waals surface area contributed by atoms with Gasteiger partial charge in [0.15, 0.2) is 0 Å². The van der Waals surface area contributed by atoms with Gasteiger partial charge in [0.2, 0.25) is 0 Å². The first-order chi connectivity index (χ1) is 9.76. The summed E-state index contributed by atoms with van der Waals surface area (Å²) in [7, 11) is 1.66. The second-order valence-corrected chi connectivity index (χ2v) is 5.17. The van der Waals surface area contributed by atoms with Gasteiger partial charge in [-0.25, -0.2) is 0 Å². The fourth-order valence-electron chi connectivity index (χ4n) is 2.00. The van der Waals surface area contributed by atoms with Crippen molar-refractivity contribution in [3.63, 3.8) is 0 Å². The first-order valence-electron chi connectivity index (χ1n) is 6.72. The van der Waals surface area contributed by atoms with Gasteiger partial charge in [0.05, 0.1) is 7.11 Å². The summed E-state index contributed by atoms with van der Waals surface area (Å²) >= 11 is 0. The van der Waals surface area contributed by atoms with E-state index in [0.717, 1.165) is 39.4 Å². The highest BCUT2D eigenvalue weighted by Gasteiger charge is 2.00. The number of phenols is 1. The molecule has 0 fully saturated rings. The van der Waals surface area contributed by atoms with E-state index < -0.39 is 0 Å². The summed E-state index contributed by atoms with van der Waals surface area (Å²) < 4.78 is 5.08. The minimum atomic E-state index is 0.282. The summed E-state index contributed by atoms with van der Waals surface area (Å²) in [6, 6.07) is 7.18. The van der Waals surface area contributed by atoms with Crippen LogP contribution < -0.4 is 16.2 Å². The average Bonchev–Trinajstić information content (AvgIpc) is 2.42. The van der Waals surface area contributed by atoms with E-state index in [1.54, 1.807) is 19.2 Å². The first kappa shape index (κ1) is 16.7. The van der Waals surface area contributed by atoms with Crippen molar-refractivity contribution in [3.8, 4) is 11.5 Å². The molecule has 4 heteroatoms. The monoisotopic (exact) mass is 288 g/mol. The molecule has 2 aromatic rings. The van der Waals surface area contributed by atoms with Gasteiger partial charge in [-0.2, -0.15) is 0 Å². The van der Waals surface area contributed by atoms with E-state index in [2.05, 4.69) is 0 Å². The predicted octanol–water partition coefficient (Wildman–Crippen LogP) is 3.49. The van der Waals surface area contributed by atoms with E-state index in [1.807, 2.05) is 39.8 Å². The van der Waals surface area contributed by atoms with E-state index in [0.29, 0.717) is 0 Å². The number of ether oxygens (including phenoxy) is 1. The highest BCUT2D eigenvalue weighted by atomic mass is 16.5. The number of hydrogen-bond acceptors (Lipinski definition) is 4. The van der Waals surface area contributed by atoms with Crippen molar-refractivity contribution < 1.29 is 9.84 Å². The minimum absolute atomic E-state index is 0.282. The van der Waals surface area contributed by atoms with E-state index in [1.165, 1.54) is 0 Å². The molecule has 0 spiro atoms. The van der Waals surface area contributed by atoms with Gasteiger partial charge in [-0.05, 0) is 74.2 Å². The smallest absolute Gasteiger partial charge is 0.119 e. The third-order valence-electron chi connectivity index (χ3n) is 3.38. The zero-order valence-electron chi connectivity index (χ0n) is 13.3. The van der Waals surface area contributed by atoms with Gasteiger partial charge in [-0.3, -0.25) is 0 Å². The molecule has 4 nitrogen and oxygen atoms in total. The number of phenolic OH excluding ortho intramolecular Hbond substituents is 1. The number of aryl methyl sites for hydroxylation is 4. The van der Waals surface area contributed by atoms with Crippen LogP contribution in [0.4, 0.5) is 11.4 Å². The number of hydrogen-bond donors (Lipinski definition) is 3. The molecule has 0 aromatic heterocycles. The minimum Gasteiger partial charge on any atom is -0.508 e. The van der Waals surface area contributed by atoms with Crippen LogP contribution in [0.3, 0.4) is 0 Å². The van der Waals surface area contributed by atoms with Gasteiger partial charge in [-0.15, -0.1) is 0 Å². The largest absolute Gasteiger partial charge is 0.508 e. The molecule has 0 atom stereocenters. The van der Waals surface area contributed by atoms with Crippen LogP contribution in [0.15, 0.2) is 24.3 Å². The number of anilines is 2. The number of benzene rings is 2. The van der Waals surface area contributed by atoms with Crippen LogP contribution in [0.1, 0.15) is 22.3 Å². The Morgan fingerprint density at radius 2 is 1.10 bits per heavy atom. The lowest BCUT2D eigenvalue weighted by molar-refractivity contribution is 0.414. The van der Waals surface area contributed by atoms with Crippen LogP contribution in [0.25, 0.3) is 0 Å². The molecule has 21 heavy (non-hydrogen) atoms. The van der Waals surface area contributed by atoms with Gasteiger partial charge >= 0.3 is 0 Å². The summed E-state index contributed by atoms with van der Waals surface area (Å²) in [6.07, 6.45) is 0. The summed E-state index contributed by atoms with van der Waals surface area (Å²) in [5.74, 6) is 1.15. The van der Waals surface area contributed by atoms with Crippen molar-refractivity contribution in [3.05, 3.63) is 46.5 Å². The molecule has 0 unspecified atom stereocenters. The molecule has 0 amide bonds. The maximum Gasteiger partial charge on any atom is 0.119 e. The van der Waals surface area contributed by atoms with Crippen LogP contribution in [0.5, 0.6) is 11.5 Å². The van der Waals surface area contributed by atoms with Crippen LogP contribution in [0, 0.1) is 27.7 Å². The first-order valence-corrected chi connectivity index (χ1v) is 6.72. The van der Waals surface area contributed by atoms with Crippen molar-refractivity contribution in [1.82, 2.24) is 0 Å². The highest BCUT2D eigenvalue weighted by molar-refractivity contribution is 5.56. The molecule has 0 heterocycles. The molecule has 0 saturated carbocycles. The SMILES string of the molecule is COc1cc(C)c(N)c(C)c1.Cc1cc(O)cc(C)c1N.